The highest BCUT2D eigenvalue weighted by Gasteiger charge is 1.80. The number of unbranched alkanes of at least 4 members (excludes halogenated alkanes) is 3. The smallest absolute Gasteiger partial charge is 0.0316 e. The van der Waals surface area contributed by atoms with Crippen molar-refractivity contribution in [3.8, 4) is 0 Å². The molecule has 0 aliphatic heterocycles. The normalized spacial score (nSPS) is 10.3. The average molecular weight is 122 g/mol. The van der Waals surface area contributed by atoms with Crippen LogP contribution < -0.4 is 0 Å². The summed E-state index contributed by atoms with van der Waals surface area (Å²) < 4.78 is 0. The van der Waals surface area contributed by atoms with Gasteiger partial charge in [0.25, 0.3) is 0 Å². The van der Waals surface area contributed by atoms with Crippen LogP contribution in [0.5, 0.6) is 0 Å². The van der Waals surface area contributed by atoms with Gasteiger partial charge >= 0.3 is 0 Å². The third-order valence-corrected chi connectivity index (χ3v) is 1.04. The Labute approximate surface area is 58.3 Å². The first-order valence-corrected chi connectivity index (χ1v) is 3.28. The van der Waals surface area contributed by atoms with Gasteiger partial charge in [0.2, 0.25) is 0 Å². The zero-order valence-electron chi connectivity index (χ0n) is 5.84. The van der Waals surface area contributed by atoms with Crippen molar-refractivity contribution in [3.63, 3.8) is 0 Å². The Kier molecular flexibility index (Phi) is 7.05. The highest BCUT2D eigenvalue weighted by atomic mass is 13.9. The SMILES string of the molecule is [CH2]C=CCC[CH]CC=C. The molecule has 0 spiro atoms. The summed E-state index contributed by atoms with van der Waals surface area (Å²) in [5, 5.41) is 0. The lowest BCUT2D eigenvalue weighted by molar-refractivity contribution is 0.934. The van der Waals surface area contributed by atoms with Crippen LogP contribution in [0.4, 0.5) is 0 Å². The van der Waals surface area contributed by atoms with Crippen LogP contribution in [0, 0.1) is 13.3 Å². The Bertz CT molecular complexity index is 80.0. The first kappa shape index (κ1) is 8.48. The van der Waals surface area contributed by atoms with Gasteiger partial charge in [-0.15, -0.1) is 6.58 Å². The Morgan fingerprint density at radius 3 is 2.56 bits per heavy atom. The fourth-order valence-corrected chi connectivity index (χ4v) is 0.568. The Hall–Kier alpha value is -0.520. The highest BCUT2D eigenvalue weighted by Crippen LogP contribution is 1.98. The molecule has 0 aliphatic rings. The number of rotatable bonds is 5. The molecule has 0 aromatic rings. The minimum atomic E-state index is 1.02. The lowest BCUT2D eigenvalue weighted by Gasteiger charge is -1.89. The van der Waals surface area contributed by atoms with Crippen molar-refractivity contribution in [1.82, 2.24) is 0 Å². The van der Waals surface area contributed by atoms with E-state index < -0.39 is 0 Å². The van der Waals surface area contributed by atoms with Crippen LogP contribution in [0.25, 0.3) is 0 Å². The van der Waals surface area contributed by atoms with Gasteiger partial charge in [-0.05, 0) is 32.6 Å². The van der Waals surface area contributed by atoms with Crippen LogP contribution in [0.3, 0.4) is 0 Å². The summed E-state index contributed by atoms with van der Waals surface area (Å²) in [6.45, 7) is 7.21. The molecule has 0 N–H and O–H groups in total. The molecule has 0 rings (SSSR count). The molecule has 0 nitrogen and oxygen atoms in total. The Morgan fingerprint density at radius 1 is 1.22 bits per heavy atom. The molecule has 0 aromatic carbocycles. The second kappa shape index (κ2) is 7.48. The minimum absolute atomic E-state index is 1.02. The summed E-state index contributed by atoms with van der Waals surface area (Å²) in [4.78, 5) is 0. The van der Waals surface area contributed by atoms with E-state index in [0.29, 0.717) is 0 Å². The third kappa shape index (κ3) is 7.48. The van der Waals surface area contributed by atoms with E-state index in [4.69, 9.17) is 0 Å². The summed E-state index contributed by atoms with van der Waals surface area (Å²) in [5.74, 6) is 0. The second-order valence-electron chi connectivity index (χ2n) is 1.86. The fourth-order valence-electron chi connectivity index (χ4n) is 0.568. The number of hydrogen-bond acceptors (Lipinski definition) is 0. The Balaban J connectivity index is 2.82. The Morgan fingerprint density at radius 2 is 2.00 bits per heavy atom. The third-order valence-electron chi connectivity index (χ3n) is 1.04. The van der Waals surface area contributed by atoms with E-state index in [2.05, 4.69) is 26.0 Å². The standard InChI is InChI=1S/C9H14/c1-3-5-7-9-8-6-4-2/h3-5,8H,1-2,6-7,9H2. The molecule has 0 aromatic heterocycles. The van der Waals surface area contributed by atoms with Crippen LogP contribution in [-0.4, -0.2) is 0 Å². The molecular formula is C9H14. The van der Waals surface area contributed by atoms with Crippen molar-refractivity contribution in [2.24, 2.45) is 0 Å². The van der Waals surface area contributed by atoms with Gasteiger partial charge in [-0.1, -0.05) is 18.2 Å². The van der Waals surface area contributed by atoms with Gasteiger partial charge in [-0.2, -0.15) is 0 Å². The molecule has 9 heavy (non-hydrogen) atoms. The van der Waals surface area contributed by atoms with Crippen molar-refractivity contribution in [3.05, 3.63) is 38.2 Å². The first-order chi connectivity index (χ1) is 4.41. The topological polar surface area (TPSA) is 0 Å². The molecule has 0 fully saturated rings. The summed E-state index contributed by atoms with van der Waals surface area (Å²) in [7, 11) is 0. The van der Waals surface area contributed by atoms with Gasteiger partial charge in [0, 0.05) is 0 Å². The van der Waals surface area contributed by atoms with Crippen LogP contribution in [-0.2, 0) is 0 Å². The molecule has 0 bridgehead atoms. The van der Waals surface area contributed by atoms with Gasteiger partial charge in [0.15, 0.2) is 0 Å². The summed E-state index contributed by atoms with van der Waals surface area (Å²) >= 11 is 0. The highest BCUT2D eigenvalue weighted by molar-refractivity contribution is 4.86. The molecule has 50 valence electrons. The predicted molar refractivity (Wildman–Crippen MR) is 42.8 cm³/mol. The summed E-state index contributed by atoms with van der Waals surface area (Å²) in [6, 6.07) is 0. The number of allylic oxidation sites excluding steroid dienone is 3. The molecule has 0 saturated heterocycles. The minimum Gasteiger partial charge on any atom is -0.103 e. The summed E-state index contributed by atoms with van der Waals surface area (Å²) in [5.41, 5.74) is 0. The van der Waals surface area contributed by atoms with Crippen molar-refractivity contribution in [2.75, 3.05) is 0 Å². The van der Waals surface area contributed by atoms with Gasteiger partial charge in [-0.3, -0.25) is 0 Å². The van der Waals surface area contributed by atoms with Gasteiger partial charge < -0.3 is 0 Å². The average Bonchev–Trinajstić information content (AvgIpc) is 1.89. The summed E-state index contributed by atoms with van der Waals surface area (Å²) in [6.07, 6.45) is 11.3. The second-order valence-corrected chi connectivity index (χ2v) is 1.86. The van der Waals surface area contributed by atoms with Crippen molar-refractivity contribution in [1.29, 1.82) is 0 Å². The molecule has 0 saturated carbocycles. The largest absolute Gasteiger partial charge is 0.103 e. The van der Waals surface area contributed by atoms with Gasteiger partial charge in [-0.25, -0.2) is 0 Å². The molecule has 0 atom stereocenters. The molecule has 0 amide bonds. The zero-order valence-corrected chi connectivity index (χ0v) is 5.84. The maximum Gasteiger partial charge on any atom is -0.0316 e. The molecule has 2 radical (unpaired) electrons. The van der Waals surface area contributed by atoms with Crippen LogP contribution >= 0.6 is 0 Å². The zero-order chi connectivity index (χ0) is 6.95. The molecular weight excluding hydrogens is 108 g/mol. The maximum atomic E-state index is 3.62. The van der Waals surface area contributed by atoms with E-state index in [1.54, 1.807) is 0 Å². The van der Waals surface area contributed by atoms with E-state index >= 15 is 0 Å². The predicted octanol–water partition coefficient (Wildman–Crippen LogP) is 2.94. The van der Waals surface area contributed by atoms with E-state index in [1.807, 2.05) is 12.2 Å². The van der Waals surface area contributed by atoms with Crippen LogP contribution in [0.15, 0.2) is 24.8 Å². The van der Waals surface area contributed by atoms with E-state index in [9.17, 15) is 0 Å². The van der Waals surface area contributed by atoms with Crippen molar-refractivity contribution in [2.45, 2.75) is 19.3 Å². The van der Waals surface area contributed by atoms with Gasteiger partial charge in [0.1, 0.15) is 0 Å². The van der Waals surface area contributed by atoms with Crippen LogP contribution in [0.1, 0.15) is 19.3 Å². The monoisotopic (exact) mass is 122 g/mol. The molecule has 0 unspecified atom stereocenters. The first-order valence-electron chi connectivity index (χ1n) is 3.28. The van der Waals surface area contributed by atoms with E-state index in [1.165, 1.54) is 0 Å². The molecule has 0 heteroatoms. The van der Waals surface area contributed by atoms with Crippen molar-refractivity contribution >= 4 is 0 Å². The maximum absolute atomic E-state index is 3.62. The number of hydrogen-bond donors (Lipinski definition) is 0. The fraction of sp³-hybridized carbons (Fsp3) is 0.333. The molecule has 0 heterocycles. The lowest BCUT2D eigenvalue weighted by Crippen LogP contribution is -1.71. The van der Waals surface area contributed by atoms with E-state index in [0.717, 1.165) is 19.3 Å². The quantitative estimate of drug-likeness (QED) is 0.388. The van der Waals surface area contributed by atoms with Crippen LogP contribution in [0.2, 0.25) is 0 Å². The lowest BCUT2D eigenvalue weighted by atomic mass is 10.2. The van der Waals surface area contributed by atoms with Gasteiger partial charge in [0.05, 0.1) is 0 Å². The molecule has 0 aliphatic carbocycles. The van der Waals surface area contributed by atoms with E-state index in [-0.39, 0.29) is 0 Å². The van der Waals surface area contributed by atoms with Crippen molar-refractivity contribution < 1.29 is 0 Å².